The highest BCUT2D eigenvalue weighted by Gasteiger charge is 2.59. The van der Waals surface area contributed by atoms with E-state index in [0.29, 0.717) is 16.4 Å². The third-order valence-corrected chi connectivity index (χ3v) is 7.02. The van der Waals surface area contributed by atoms with E-state index in [0.717, 1.165) is 22.7 Å². The van der Waals surface area contributed by atoms with Crippen molar-refractivity contribution < 1.29 is 4.74 Å². The number of benzene rings is 1. The molecule has 2 nitrogen and oxygen atoms in total. The second-order valence-electron chi connectivity index (χ2n) is 9.22. The Hall–Kier alpha value is -0.540. The number of methoxy groups -OCH3 is 1. The molecule has 4 aliphatic rings. The van der Waals surface area contributed by atoms with Gasteiger partial charge in [-0.15, -0.1) is 0 Å². The standard InChI is InChI=1S/C20H28BrNO/c1-18-7-14-8-19(2,11-18)13-20(9-14,12-18)22-10-15-6-16(21)4-5-17(15)23-3/h4-6,14,22H,7-13H2,1-3H3/t14-,18-,19+,20?. The molecule has 23 heavy (non-hydrogen) atoms. The zero-order valence-electron chi connectivity index (χ0n) is 14.5. The van der Waals surface area contributed by atoms with Crippen LogP contribution in [-0.2, 0) is 6.54 Å². The molecule has 4 bridgehead atoms. The third-order valence-electron chi connectivity index (χ3n) is 6.52. The van der Waals surface area contributed by atoms with E-state index in [2.05, 4.69) is 53.3 Å². The number of ether oxygens (including phenoxy) is 1. The molecule has 1 aromatic rings. The van der Waals surface area contributed by atoms with E-state index in [-0.39, 0.29) is 0 Å². The van der Waals surface area contributed by atoms with Gasteiger partial charge in [0.15, 0.2) is 0 Å². The molecule has 0 heterocycles. The minimum atomic E-state index is 0.343. The predicted octanol–water partition coefficient (Wildman–Crippen LogP) is 5.30. The van der Waals surface area contributed by atoms with Crippen molar-refractivity contribution in [3.8, 4) is 5.75 Å². The maximum Gasteiger partial charge on any atom is 0.123 e. The van der Waals surface area contributed by atoms with Crippen LogP contribution in [-0.4, -0.2) is 12.6 Å². The van der Waals surface area contributed by atoms with E-state index in [9.17, 15) is 0 Å². The summed E-state index contributed by atoms with van der Waals surface area (Å²) in [5.41, 5.74) is 2.72. The highest BCUT2D eigenvalue weighted by atomic mass is 79.9. The summed E-state index contributed by atoms with van der Waals surface area (Å²) >= 11 is 3.59. The van der Waals surface area contributed by atoms with Gasteiger partial charge in [0.05, 0.1) is 7.11 Å². The molecule has 0 amide bonds. The van der Waals surface area contributed by atoms with Gasteiger partial charge in [-0.2, -0.15) is 0 Å². The molecule has 0 aromatic heterocycles. The molecule has 0 spiro atoms. The van der Waals surface area contributed by atoms with Gasteiger partial charge in [-0.1, -0.05) is 29.8 Å². The average Bonchev–Trinajstić information content (AvgIpc) is 2.41. The normalized spacial score (nSPS) is 41.3. The van der Waals surface area contributed by atoms with Gasteiger partial charge in [0, 0.05) is 22.1 Å². The van der Waals surface area contributed by atoms with Crippen molar-refractivity contribution >= 4 is 15.9 Å². The van der Waals surface area contributed by atoms with E-state index in [1.807, 2.05) is 0 Å². The summed E-state index contributed by atoms with van der Waals surface area (Å²) in [5, 5.41) is 4.00. The number of halogens is 1. The third kappa shape index (κ3) is 2.84. The first kappa shape index (κ1) is 16.0. The zero-order valence-corrected chi connectivity index (χ0v) is 16.1. The molecule has 4 fully saturated rings. The summed E-state index contributed by atoms with van der Waals surface area (Å²) in [6.45, 7) is 5.97. The van der Waals surface area contributed by atoms with Crippen molar-refractivity contribution in [1.29, 1.82) is 0 Å². The summed E-state index contributed by atoms with van der Waals surface area (Å²) in [6.07, 6.45) is 8.40. The maximum absolute atomic E-state index is 5.55. The highest BCUT2D eigenvalue weighted by molar-refractivity contribution is 9.10. The van der Waals surface area contributed by atoms with Crippen LogP contribution in [0.1, 0.15) is 57.9 Å². The molecular formula is C20H28BrNO. The van der Waals surface area contributed by atoms with Crippen LogP contribution in [0.15, 0.2) is 22.7 Å². The number of hydrogen-bond donors (Lipinski definition) is 1. The molecule has 1 unspecified atom stereocenters. The lowest BCUT2D eigenvalue weighted by Gasteiger charge is -2.65. The van der Waals surface area contributed by atoms with Crippen molar-refractivity contribution in [3.63, 3.8) is 0 Å². The maximum atomic E-state index is 5.55. The van der Waals surface area contributed by atoms with E-state index in [1.54, 1.807) is 7.11 Å². The van der Waals surface area contributed by atoms with E-state index in [4.69, 9.17) is 4.74 Å². The molecule has 4 saturated carbocycles. The van der Waals surface area contributed by atoms with Crippen LogP contribution >= 0.6 is 15.9 Å². The Balaban J connectivity index is 1.56. The van der Waals surface area contributed by atoms with Gasteiger partial charge in [0.25, 0.3) is 0 Å². The van der Waals surface area contributed by atoms with E-state index >= 15 is 0 Å². The van der Waals surface area contributed by atoms with Crippen LogP contribution in [0.5, 0.6) is 5.75 Å². The summed E-state index contributed by atoms with van der Waals surface area (Å²) < 4.78 is 6.68. The van der Waals surface area contributed by atoms with Crippen molar-refractivity contribution in [2.75, 3.05) is 7.11 Å². The number of hydrogen-bond acceptors (Lipinski definition) is 2. The Labute approximate surface area is 148 Å². The molecular weight excluding hydrogens is 350 g/mol. The second kappa shape index (κ2) is 5.23. The Morgan fingerprint density at radius 1 is 1.13 bits per heavy atom. The average molecular weight is 378 g/mol. The first-order valence-corrected chi connectivity index (χ1v) is 9.70. The largest absolute Gasteiger partial charge is 0.496 e. The quantitative estimate of drug-likeness (QED) is 0.768. The SMILES string of the molecule is COc1ccc(Br)cc1CNC12C[C@@H]3C[C@@](C)(C1)C[C@](C)(C3)C2. The van der Waals surface area contributed by atoms with Crippen molar-refractivity contribution in [2.24, 2.45) is 16.7 Å². The van der Waals surface area contributed by atoms with Crippen LogP contribution in [0.4, 0.5) is 0 Å². The lowest BCUT2D eigenvalue weighted by molar-refractivity contribution is -0.118. The van der Waals surface area contributed by atoms with Gasteiger partial charge >= 0.3 is 0 Å². The van der Waals surface area contributed by atoms with E-state index < -0.39 is 0 Å². The minimum absolute atomic E-state index is 0.343. The van der Waals surface area contributed by atoms with Crippen molar-refractivity contribution in [2.45, 2.75) is 64.5 Å². The Kier molecular flexibility index (Phi) is 3.63. The van der Waals surface area contributed by atoms with Gasteiger partial charge in [-0.05, 0) is 73.5 Å². The zero-order chi connectivity index (χ0) is 16.3. The predicted molar refractivity (Wildman–Crippen MR) is 97.7 cm³/mol. The fraction of sp³-hybridized carbons (Fsp3) is 0.700. The number of nitrogens with one attached hydrogen (secondary N) is 1. The first-order chi connectivity index (χ1) is 10.8. The fourth-order valence-corrected chi connectivity index (χ4v) is 7.22. The van der Waals surface area contributed by atoms with Crippen LogP contribution in [0.25, 0.3) is 0 Å². The monoisotopic (exact) mass is 377 g/mol. The molecule has 0 radical (unpaired) electrons. The van der Waals surface area contributed by atoms with Crippen LogP contribution in [0.3, 0.4) is 0 Å². The van der Waals surface area contributed by atoms with Gasteiger partial charge in [-0.25, -0.2) is 0 Å². The highest BCUT2D eigenvalue weighted by Crippen LogP contribution is 2.66. The molecule has 126 valence electrons. The molecule has 4 aliphatic carbocycles. The van der Waals surface area contributed by atoms with Gasteiger partial charge in [0.2, 0.25) is 0 Å². The lowest BCUT2D eigenvalue weighted by atomic mass is 9.43. The molecule has 1 N–H and O–H groups in total. The lowest BCUT2D eigenvalue weighted by Crippen LogP contribution is -2.63. The molecule has 3 heteroatoms. The second-order valence-corrected chi connectivity index (χ2v) is 10.1. The first-order valence-electron chi connectivity index (χ1n) is 8.90. The van der Waals surface area contributed by atoms with Crippen molar-refractivity contribution in [3.05, 3.63) is 28.2 Å². The number of rotatable bonds is 4. The van der Waals surface area contributed by atoms with Gasteiger partial charge in [-0.3, -0.25) is 0 Å². The van der Waals surface area contributed by atoms with E-state index in [1.165, 1.54) is 44.1 Å². The van der Waals surface area contributed by atoms with Crippen LogP contribution < -0.4 is 10.1 Å². The smallest absolute Gasteiger partial charge is 0.123 e. The molecule has 1 aromatic carbocycles. The fourth-order valence-electron chi connectivity index (χ4n) is 6.81. The minimum Gasteiger partial charge on any atom is -0.496 e. The van der Waals surface area contributed by atoms with Crippen LogP contribution in [0, 0.1) is 16.7 Å². The molecule has 0 aliphatic heterocycles. The summed E-state index contributed by atoms with van der Waals surface area (Å²) in [7, 11) is 1.76. The molecule has 5 rings (SSSR count). The molecule has 0 saturated heterocycles. The summed E-state index contributed by atoms with van der Waals surface area (Å²) in [4.78, 5) is 0. The molecule has 4 atom stereocenters. The Bertz CT molecular complexity index is 610. The Morgan fingerprint density at radius 2 is 1.83 bits per heavy atom. The topological polar surface area (TPSA) is 21.3 Å². The summed E-state index contributed by atoms with van der Waals surface area (Å²) in [5.74, 6) is 1.92. The Morgan fingerprint density at radius 3 is 2.43 bits per heavy atom. The van der Waals surface area contributed by atoms with Crippen molar-refractivity contribution in [1.82, 2.24) is 5.32 Å². The van der Waals surface area contributed by atoms with Crippen LogP contribution in [0.2, 0.25) is 0 Å². The van der Waals surface area contributed by atoms with Gasteiger partial charge < -0.3 is 10.1 Å². The van der Waals surface area contributed by atoms with Gasteiger partial charge in [0.1, 0.15) is 5.75 Å². The summed E-state index contributed by atoms with van der Waals surface area (Å²) in [6, 6.07) is 6.30.